The SMILES string of the molecule is Cc1cccnc1CC(=O)CC12CC3CC(CC(C3)C1)C2. The molecule has 1 aromatic heterocycles. The average molecular weight is 283 g/mol. The lowest BCUT2D eigenvalue weighted by Crippen LogP contribution is -2.47. The van der Waals surface area contributed by atoms with E-state index in [2.05, 4.69) is 18.0 Å². The number of rotatable bonds is 4. The third kappa shape index (κ3) is 2.54. The van der Waals surface area contributed by atoms with Gasteiger partial charge in [-0.2, -0.15) is 0 Å². The third-order valence-corrected chi connectivity index (χ3v) is 6.22. The van der Waals surface area contributed by atoms with E-state index in [4.69, 9.17) is 0 Å². The summed E-state index contributed by atoms with van der Waals surface area (Å²) in [5.41, 5.74) is 2.50. The van der Waals surface area contributed by atoms with E-state index >= 15 is 0 Å². The van der Waals surface area contributed by atoms with Gasteiger partial charge in [0.25, 0.3) is 0 Å². The van der Waals surface area contributed by atoms with Gasteiger partial charge in [-0.05, 0) is 80.2 Å². The van der Waals surface area contributed by atoms with Crippen molar-refractivity contribution in [2.24, 2.45) is 23.2 Å². The van der Waals surface area contributed by atoms with Crippen LogP contribution in [0.4, 0.5) is 0 Å². The van der Waals surface area contributed by atoms with Crippen LogP contribution in [0.25, 0.3) is 0 Å². The summed E-state index contributed by atoms with van der Waals surface area (Å²) in [4.78, 5) is 17.0. The number of aromatic nitrogens is 1. The van der Waals surface area contributed by atoms with Crippen LogP contribution in [0.3, 0.4) is 0 Å². The predicted molar refractivity (Wildman–Crippen MR) is 82.9 cm³/mol. The molecule has 4 saturated carbocycles. The number of nitrogens with zero attached hydrogens (tertiary/aromatic N) is 1. The second-order valence-electron chi connectivity index (χ2n) is 8.08. The molecule has 2 nitrogen and oxygen atoms in total. The van der Waals surface area contributed by atoms with E-state index in [1.165, 1.54) is 38.5 Å². The van der Waals surface area contributed by atoms with E-state index in [1.807, 2.05) is 6.07 Å². The zero-order chi connectivity index (χ0) is 14.4. The summed E-state index contributed by atoms with van der Waals surface area (Å²) in [6.07, 6.45) is 11.5. The minimum atomic E-state index is 0.370. The smallest absolute Gasteiger partial charge is 0.139 e. The van der Waals surface area contributed by atoms with Crippen molar-refractivity contribution in [2.45, 2.75) is 58.3 Å². The molecule has 4 aliphatic carbocycles. The van der Waals surface area contributed by atoms with Gasteiger partial charge in [-0.1, -0.05) is 6.07 Å². The first-order chi connectivity index (χ1) is 10.1. The first-order valence-corrected chi connectivity index (χ1v) is 8.54. The number of hydrogen-bond acceptors (Lipinski definition) is 2. The molecule has 0 unspecified atom stereocenters. The highest BCUT2D eigenvalue weighted by Gasteiger charge is 2.51. The Hall–Kier alpha value is -1.18. The van der Waals surface area contributed by atoms with Crippen LogP contribution in [0.1, 0.15) is 56.2 Å². The van der Waals surface area contributed by atoms with Gasteiger partial charge in [0.05, 0.1) is 5.69 Å². The van der Waals surface area contributed by atoms with Gasteiger partial charge >= 0.3 is 0 Å². The number of carbonyl (C=O) groups excluding carboxylic acids is 1. The summed E-state index contributed by atoms with van der Waals surface area (Å²) in [5.74, 6) is 3.21. The van der Waals surface area contributed by atoms with Crippen LogP contribution >= 0.6 is 0 Å². The Bertz CT molecular complexity index is 527. The Balaban J connectivity index is 1.46. The predicted octanol–water partition coefficient (Wildman–Crippen LogP) is 4.11. The second-order valence-corrected chi connectivity index (χ2v) is 8.08. The Kier molecular flexibility index (Phi) is 3.16. The molecule has 4 fully saturated rings. The number of hydrogen-bond donors (Lipinski definition) is 0. The maximum Gasteiger partial charge on any atom is 0.139 e. The van der Waals surface area contributed by atoms with Crippen LogP contribution in [-0.4, -0.2) is 10.8 Å². The van der Waals surface area contributed by atoms with Gasteiger partial charge in [-0.3, -0.25) is 9.78 Å². The highest BCUT2D eigenvalue weighted by Crippen LogP contribution is 2.61. The standard InChI is InChI=1S/C19H25NO/c1-13-3-2-4-20-18(13)8-17(21)12-19-9-14-5-15(10-19)7-16(6-14)11-19/h2-4,14-16H,5-12H2,1H3. The van der Waals surface area contributed by atoms with Crippen LogP contribution in [0.5, 0.6) is 0 Å². The minimum absolute atomic E-state index is 0.370. The van der Waals surface area contributed by atoms with Crippen molar-refractivity contribution >= 4 is 5.78 Å². The number of ketones is 1. The van der Waals surface area contributed by atoms with Crippen molar-refractivity contribution in [3.8, 4) is 0 Å². The van der Waals surface area contributed by atoms with Crippen LogP contribution in [0, 0.1) is 30.1 Å². The van der Waals surface area contributed by atoms with Gasteiger partial charge in [0.1, 0.15) is 5.78 Å². The van der Waals surface area contributed by atoms with E-state index in [9.17, 15) is 4.79 Å². The summed E-state index contributed by atoms with van der Waals surface area (Å²) >= 11 is 0. The van der Waals surface area contributed by atoms with E-state index < -0.39 is 0 Å². The van der Waals surface area contributed by atoms with Gasteiger partial charge in [-0.15, -0.1) is 0 Å². The van der Waals surface area contributed by atoms with E-state index in [0.717, 1.165) is 35.4 Å². The van der Waals surface area contributed by atoms with Crippen molar-refractivity contribution in [1.82, 2.24) is 4.98 Å². The van der Waals surface area contributed by atoms with Gasteiger partial charge in [0.2, 0.25) is 0 Å². The van der Waals surface area contributed by atoms with Gasteiger partial charge in [-0.25, -0.2) is 0 Å². The molecule has 0 aliphatic heterocycles. The molecule has 5 rings (SSSR count). The Morgan fingerprint density at radius 3 is 2.38 bits per heavy atom. The van der Waals surface area contributed by atoms with Crippen molar-refractivity contribution in [3.05, 3.63) is 29.6 Å². The first-order valence-electron chi connectivity index (χ1n) is 8.54. The molecule has 0 atom stereocenters. The number of aryl methyl sites for hydroxylation is 1. The zero-order valence-electron chi connectivity index (χ0n) is 13.0. The lowest BCUT2D eigenvalue weighted by molar-refractivity contribution is -0.126. The lowest BCUT2D eigenvalue weighted by Gasteiger charge is -2.56. The summed E-state index contributed by atoms with van der Waals surface area (Å²) in [6, 6.07) is 4.00. The topological polar surface area (TPSA) is 30.0 Å². The summed E-state index contributed by atoms with van der Waals surface area (Å²) < 4.78 is 0. The molecule has 0 spiro atoms. The molecule has 21 heavy (non-hydrogen) atoms. The van der Waals surface area contributed by atoms with Crippen molar-refractivity contribution in [2.75, 3.05) is 0 Å². The zero-order valence-corrected chi connectivity index (χ0v) is 13.0. The fourth-order valence-electron chi connectivity index (χ4n) is 5.88. The molecule has 4 aliphatic rings. The van der Waals surface area contributed by atoms with Gasteiger partial charge < -0.3 is 0 Å². The minimum Gasteiger partial charge on any atom is -0.299 e. The third-order valence-electron chi connectivity index (χ3n) is 6.22. The Morgan fingerprint density at radius 1 is 1.19 bits per heavy atom. The molecule has 1 aromatic rings. The van der Waals surface area contributed by atoms with Crippen molar-refractivity contribution in [3.63, 3.8) is 0 Å². The fraction of sp³-hybridized carbons (Fsp3) is 0.684. The van der Waals surface area contributed by atoms with E-state index in [0.29, 0.717) is 17.6 Å². The van der Waals surface area contributed by atoms with Crippen LogP contribution in [0.15, 0.2) is 18.3 Å². The molecule has 112 valence electrons. The molecule has 1 heterocycles. The lowest BCUT2D eigenvalue weighted by atomic mass is 9.48. The highest BCUT2D eigenvalue weighted by atomic mass is 16.1. The van der Waals surface area contributed by atoms with E-state index in [1.54, 1.807) is 6.20 Å². The fourth-order valence-corrected chi connectivity index (χ4v) is 5.88. The van der Waals surface area contributed by atoms with Crippen molar-refractivity contribution in [1.29, 1.82) is 0 Å². The molecule has 2 heteroatoms. The summed E-state index contributed by atoms with van der Waals surface area (Å²) in [6.45, 7) is 2.06. The largest absolute Gasteiger partial charge is 0.299 e. The molecule has 4 bridgehead atoms. The summed E-state index contributed by atoms with van der Waals surface area (Å²) in [5, 5.41) is 0. The van der Waals surface area contributed by atoms with E-state index in [-0.39, 0.29) is 0 Å². The molecule has 0 saturated heterocycles. The highest BCUT2D eigenvalue weighted by molar-refractivity contribution is 5.81. The maximum atomic E-state index is 12.6. The summed E-state index contributed by atoms with van der Waals surface area (Å²) in [7, 11) is 0. The number of pyridine rings is 1. The second kappa shape index (κ2) is 4.93. The molecular formula is C19H25NO. The monoisotopic (exact) mass is 283 g/mol. The molecule has 0 N–H and O–H groups in total. The van der Waals surface area contributed by atoms with Crippen LogP contribution in [-0.2, 0) is 11.2 Å². The van der Waals surface area contributed by atoms with Crippen LogP contribution < -0.4 is 0 Å². The van der Waals surface area contributed by atoms with Crippen LogP contribution in [0.2, 0.25) is 0 Å². The Morgan fingerprint density at radius 2 is 1.81 bits per heavy atom. The Labute approximate surface area is 127 Å². The molecule has 0 aromatic carbocycles. The molecular weight excluding hydrogens is 258 g/mol. The first kappa shape index (κ1) is 13.5. The van der Waals surface area contributed by atoms with Crippen molar-refractivity contribution < 1.29 is 4.79 Å². The maximum absolute atomic E-state index is 12.6. The average Bonchev–Trinajstić information content (AvgIpc) is 2.39. The quantitative estimate of drug-likeness (QED) is 0.832. The molecule has 0 radical (unpaired) electrons. The number of Topliss-reactive ketones (excluding diaryl/α,β-unsaturated/α-hetero) is 1. The van der Waals surface area contributed by atoms with Gasteiger partial charge in [0, 0.05) is 19.0 Å². The van der Waals surface area contributed by atoms with Gasteiger partial charge in [0.15, 0.2) is 0 Å². The molecule has 0 amide bonds. The normalized spacial score (nSPS) is 36.9. The number of carbonyl (C=O) groups is 1.